The van der Waals surface area contributed by atoms with Gasteiger partial charge in [0.05, 0.1) is 12.6 Å². The van der Waals surface area contributed by atoms with Crippen LogP contribution in [0.1, 0.15) is 25.8 Å². The van der Waals surface area contributed by atoms with Crippen molar-refractivity contribution in [1.29, 1.82) is 0 Å². The smallest absolute Gasteiger partial charge is 0.245 e. The summed E-state index contributed by atoms with van der Waals surface area (Å²) in [6.45, 7) is 3.60. The summed E-state index contributed by atoms with van der Waals surface area (Å²) in [4.78, 5) is 17.7. The minimum absolute atomic E-state index is 0.132. The van der Waals surface area contributed by atoms with Crippen molar-refractivity contribution in [2.45, 2.75) is 25.8 Å². The zero-order chi connectivity index (χ0) is 15.0. The molecule has 0 spiro atoms. The number of likely N-dealkylation sites (tertiary alicyclic amines) is 1. The van der Waals surface area contributed by atoms with Crippen LogP contribution < -0.4 is 4.74 Å². The molecule has 1 fully saturated rings. The number of para-hydroxylation sites is 1. The second-order valence-electron chi connectivity index (χ2n) is 5.36. The fraction of sp³-hybridized carbons (Fsp3) is 0.467. The van der Waals surface area contributed by atoms with Gasteiger partial charge in [0.15, 0.2) is 4.77 Å². The molecule has 1 N–H and O–H groups in total. The molecule has 6 heteroatoms. The number of carbonyl (C=O) groups is 1. The number of hydrogen-bond acceptors (Lipinski definition) is 3. The van der Waals surface area contributed by atoms with Crippen LogP contribution in [0.2, 0.25) is 0 Å². The minimum atomic E-state index is -0.309. The van der Waals surface area contributed by atoms with Crippen LogP contribution in [-0.4, -0.2) is 40.6 Å². The molecule has 1 aliphatic heterocycles. The summed E-state index contributed by atoms with van der Waals surface area (Å²) < 4.78 is 7.78. The first-order chi connectivity index (χ1) is 10.1. The van der Waals surface area contributed by atoms with Crippen LogP contribution in [-0.2, 0) is 4.79 Å². The lowest BCUT2D eigenvalue weighted by molar-refractivity contribution is -0.133. The van der Waals surface area contributed by atoms with E-state index >= 15 is 0 Å². The van der Waals surface area contributed by atoms with Gasteiger partial charge in [0.2, 0.25) is 5.91 Å². The Morgan fingerprint density at radius 2 is 2.10 bits per heavy atom. The normalized spacial score (nSPS) is 16.4. The molecule has 0 bridgehead atoms. The van der Waals surface area contributed by atoms with Crippen molar-refractivity contribution >= 4 is 29.2 Å². The highest BCUT2D eigenvalue weighted by atomic mass is 32.1. The zero-order valence-electron chi connectivity index (χ0n) is 12.3. The van der Waals surface area contributed by atoms with Crippen LogP contribution in [0, 0.1) is 4.77 Å². The summed E-state index contributed by atoms with van der Waals surface area (Å²) in [5.74, 6) is 0.866. The number of carbonyl (C=O) groups excluding carboxylic acids is 1. The number of ether oxygens (including phenoxy) is 1. The van der Waals surface area contributed by atoms with E-state index in [4.69, 9.17) is 17.0 Å². The molecule has 21 heavy (non-hydrogen) atoms. The minimum Gasteiger partial charge on any atom is -0.494 e. The monoisotopic (exact) mass is 305 g/mol. The standard InChI is InChI=1S/C15H19N3O2S/c1-10(14(19)17-8-3-4-9-17)18-11-6-5-7-12(20-2)13(11)16-15(18)21/h5-7,10H,3-4,8-9H2,1-2H3,(H,16,21). The molecule has 5 nitrogen and oxygen atoms in total. The molecule has 1 aromatic carbocycles. The molecular formula is C15H19N3O2S. The Bertz CT molecular complexity index is 728. The molecule has 0 saturated carbocycles. The molecule has 0 radical (unpaired) electrons. The van der Waals surface area contributed by atoms with Crippen molar-refractivity contribution in [3.05, 3.63) is 23.0 Å². The van der Waals surface area contributed by atoms with Gasteiger partial charge in [-0.2, -0.15) is 0 Å². The predicted molar refractivity (Wildman–Crippen MR) is 84.2 cm³/mol. The van der Waals surface area contributed by atoms with E-state index in [0.29, 0.717) is 4.77 Å². The third-order valence-corrected chi connectivity index (χ3v) is 4.40. The number of amides is 1. The molecular weight excluding hydrogens is 286 g/mol. The number of fused-ring (bicyclic) bond motifs is 1. The SMILES string of the molecule is COc1cccc2c1[nH]c(=S)n2C(C)C(=O)N1CCCC1. The van der Waals surface area contributed by atoms with Crippen molar-refractivity contribution < 1.29 is 9.53 Å². The van der Waals surface area contributed by atoms with Gasteiger partial charge < -0.3 is 19.2 Å². The number of methoxy groups -OCH3 is 1. The van der Waals surface area contributed by atoms with Crippen LogP contribution in [0.15, 0.2) is 18.2 Å². The van der Waals surface area contributed by atoms with Crippen molar-refractivity contribution in [2.24, 2.45) is 0 Å². The Balaban J connectivity index is 2.05. The lowest BCUT2D eigenvalue weighted by Gasteiger charge is -2.21. The van der Waals surface area contributed by atoms with Gasteiger partial charge in [-0.15, -0.1) is 0 Å². The van der Waals surface area contributed by atoms with E-state index in [-0.39, 0.29) is 11.9 Å². The lowest BCUT2D eigenvalue weighted by atomic mass is 10.2. The maximum absolute atomic E-state index is 12.6. The zero-order valence-corrected chi connectivity index (χ0v) is 13.1. The highest BCUT2D eigenvalue weighted by molar-refractivity contribution is 7.71. The quantitative estimate of drug-likeness (QED) is 0.887. The summed E-state index contributed by atoms with van der Waals surface area (Å²) in [7, 11) is 1.63. The average molecular weight is 305 g/mol. The third kappa shape index (κ3) is 2.33. The van der Waals surface area contributed by atoms with Crippen LogP contribution in [0.25, 0.3) is 11.0 Å². The Morgan fingerprint density at radius 1 is 1.38 bits per heavy atom. The third-order valence-electron chi connectivity index (χ3n) is 4.10. The van der Waals surface area contributed by atoms with Crippen molar-refractivity contribution in [3.63, 3.8) is 0 Å². The maximum Gasteiger partial charge on any atom is 0.245 e. The topological polar surface area (TPSA) is 50.3 Å². The Labute approximate surface area is 128 Å². The van der Waals surface area contributed by atoms with E-state index in [0.717, 1.165) is 42.7 Å². The van der Waals surface area contributed by atoms with Gasteiger partial charge in [0.1, 0.15) is 17.3 Å². The molecule has 2 aromatic rings. The fourth-order valence-electron chi connectivity index (χ4n) is 2.99. The predicted octanol–water partition coefficient (Wildman–Crippen LogP) is 2.89. The number of aromatic amines is 1. The summed E-state index contributed by atoms with van der Waals surface area (Å²) in [5.41, 5.74) is 1.74. The highest BCUT2D eigenvalue weighted by Gasteiger charge is 2.26. The van der Waals surface area contributed by atoms with E-state index in [1.807, 2.05) is 34.6 Å². The van der Waals surface area contributed by atoms with Gasteiger partial charge in [-0.25, -0.2) is 0 Å². The van der Waals surface area contributed by atoms with E-state index in [2.05, 4.69) is 4.98 Å². The van der Waals surface area contributed by atoms with Crippen LogP contribution >= 0.6 is 12.2 Å². The summed E-state index contributed by atoms with van der Waals surface area (Å²) in [5, 5.41) is 0. The highest BCUT2D eigenvalue weighted by Crippen LogP contribution is 2.28. The number of imidazole rings is 1. The second kappa shape index (κ2) is 5.52. The largest absolute Gasteiger partial charge is 0.494 e. The molecule has 0 aliphatic carbocycles. The molecule has 3 rings (SSSR count). The van der Waals surface area contributed by atoms with Crippen LogP contribution in [0.4, 0.5) is 0 Å². The lowest BCUT2D eigenvalue weighted by Crippen LogP contribution is -2.33. The number of rotatable bonds is 3. The van der Waals surface area contributed by atoms with E-state index in [1.54, 1.807) is 7.11 Å². The molecule has 1 atom stereocenters. The van der Waals surface area contributed by atoms with Gasteiger partial charge in [-0.3, -0.25) is 4.79 Å². The van der Waals surface area contributed by atoms with E-state index in [1.165, 1.54) is 0 Å². The van der Waals surface area contributed by atoms with Gasteiger partial charge in [-0.1, -0.05) is 6.07 Å². The number of H-pyrrole nitrogens is 1. The van der Waals surface area contributed by atoms with Crippen molar-refractivity contribution in [3.8, 4) is 5.75 Å². The number of benzene rings is 1. The first-order valence-electron chi connectivity index (χ1n) is 7.19. The van der Waals surface area contributed by atoms with Crippen molar-refractivity contribution in [2.75, 3.05) is 20.2 Å². The van der Waals surface area contributed by atoms with Gasteiger partial charge in [0, 0.05) is 13.1 Å². The average Bonchev–Trinajstić information content (AvgIpc) is 3.12. The van der Waals surface area contributed by atoms with Crippen LogP contribution in [0.5, 0.6) is 5.75 Å². The molecule has 1 aromatic heterocycles. The summed E-state index contributed by atoms with van der Waals surface area (Å²) in [6.07, 6.45) is 2.18. The van der Waals surface area contributed by atoms with Gasteiger partial charge >= 0.3 is 0 Å². The van der Waals surface area contributed by atoms with Crippen molar-refractivity contribution in [1.82, 2.24) is 14.5 Å². The summed E-state index contributed by atoms with van der Waals surface area (Å²) in [6, 6.07) is 5.44. The number of nitrogens with zero attached hydrogens (tertiary/aromatic N) is 2. The Kier molecular flexibility index (Phi) is 3.71. The second-order valence-corrected chi connectivity index (χ2v) is 5.75. The van der Waals surface area contributed by atoms with E-state index in [9.17, 15) is 4.79 Å². The van der Waals surface area contributed by atoms with Gasteiger partial charge in [-0.05, 0) is 44.1 Å². The summed E-state index contributed by atoms with van der Waals surface area (Å²) >= 11 is 5.41. The number of nitrogens with one attached hydrogen (secondary N) is 1. The molecule has 1 amide bonds. The molecule has 112 valence electrons. The molecule has 2 heterocycles. The molecule has 1 aliphatic rings. The Hall–Kier alpha value is -1.82. The fourth-order valence-corrected chi connectivity index (χ4v) is 3.35. The molecule has 1 unspecified atom stereocenters. The molecule has 1 saturated heterocycles. The maximum atomic E-state index is 12.6. The van der Waals surface area contributed by atoms with Gasteiger partial charge in [0.25, 0.3) is 0 Å². The Morgan fingerprint density at radius 3 is 2.76 bits per heavy atom. The number of hydrogen-bond donors (Lipinski definition) is 1. The first-order valence-corrected chi connectivity index (χ1v) is 7.60. The van der Waals surface area contributed by atoms with Crippen LogP contribution in [0.3, 0.4) is 0 Å². The number of aromatic nitrogens is 2. The first kappa shape index (κ1) is 14.1. The van der Waals surface area contributed by atoms with E-state index < -0.39 is 0 Å².